The Bertz CT molecular complexity index is 719. The summed E-state index contributed by atoms with van der Waals surface area (Å²) in [4.78, 5) is 14.5. The number of furan rings is 1. The van der Waals surface area contributed by atoms with Crippen molar-refractivity contribution in [2.75, 3.05) is 33.4 Å². The Hall–Kier alpha value is -1.92. The van der Waals surface area contributed by atoms with Crippen LogP contribution in [-0.2, 0) is 9.47 Å². The third kappa shape index (κ3) is 3.30. The summed E-state index contributed by atoms with van der Waals surface area (Å²) >= 11 is 0. The number of carbonyl (C=O) groups is 1. The van der Waals surface area contributed by atoms with Gasteiger partial charge in [0.05, 0.1) is 19.3 Å². The van der Waals surface area contributed by atoms with Crippen LogP contribution in [0.2, 0.25) is 0 Å². The first-order chi connectivity index (χ1) is 11.6. The minimum Gasteiger partial charge on any atom is -0.448 e. The average molecular weight is 335 g/mol. The van der Waals surface area contributed by atoms with Gasteiger partial charge in [-0.2, -0.15) is 0 Å². The summed E-state index contributed by atoms with van der Waals surface area (Å²) in [5.41, 5.74) is 0.837. The number of para-hydroxylation sites is 1. The minimum atomic E-state index is -0.445. The molecule has 1 fully saturated rings. The standard InChI is InChI=1S/C18H22FNO4/c1-12-14-4-3-5-15(19)17(14)24-16(12)18(21)20-8-6-13(7-9-20)23-11-10-22-2/h3-5,13H,6-11H2,1-2H3. The molecular weight excluding hydrogens is 313 g/mol. The third-order valence-electron chi connectivity index (χ3n) is 4.48. The number of rotatable bonds is 5. The minimum absolute atomic E-state index is 0.149. The predicted molar refractivity (Wildman–Crippen MR) is 87.7 cm³/mol. The number of halogens is 1. The second kappa shape index (κ2) is 7.32. The first kappa shape index (κ1) is 16.9. The van der Waals surface area contributed by atoms with Crippen molar-refractivity contribution in [3.63, 3.8) is 0 Å². The first-order valence-corrected chi connectivity index (χ1v) is 8.19. The van der Waals surface area contributed by atoms with Gasteiger partial charge < -0.3 is 18.8 Å². The number of hydrogen-bond acceptors (Lipinski definition) is 4. The van der Waals surface area contributed by atoms with Crippen LogP contribution in [0.4, 0.5) is 4.39 Å². The van der Waals surface area contributed by atoms with E-state index in [0.29, 0.717) is 37.3 Å². The fourth-order valence-electron chi connectivity index (χ4n) is 3.08. The maximum atomic E-state index is 13.8. The van der Waals surface area contributed by atoms with Crippen LogP contribution in [0, 0.1) is 12.7 Å². The lowest BCUT2D eigenvalue weighted by molar-refractivity contribution is -0.0127. The number of carbonyl (C=O) groups excluding carboxylic acids is 1. The lowest BCUT2D eigenvalue weighted by Gasteiger charge is -2.31. The Morgan fingerprint density at radius 1 is 1.33 bits per heavy atom. The van der Waals surface area contributed by atoms with Crippen molar-refractivity contribution < 1.29 is 23.1 Å². The second-order valence-corrected chi connectivity index (χ2v) is 6.03. The molecule has 0 saturated carbocycles. The monoisotopic (exact) mass is 335 g/mol. The van der Waals surface area contributed by atoms with Crippen LogP contribution >= 0.6 is 0 Å². The quantitative estimate of drug-likeness (QED) is 0.788. The highest BCUT2D eigenvalue weighted by atomic mass is 19.1. The Balaban J connectivity index is 1.68. The van der Waals surface area contributed by atoms with E-state index in [1.807, 2.05) is 0 Å². The van der Waals surface area contributed by atoms with E-state index in [-0.39, 0.29) is 23.4 Å². The predicted octanol–water partition coefficient (Wildman–Crippen LogP) is 3.15. The topological polar surface area (TPSA) is 51.9 Å². The zero-order valence-electron chi connectivity index (χ0n) is 14.0. The van der Waals surface area contributed by atoms with Gasteiger partial charge >= 0.3 is 0 Å². The molecule has 0 spiro atoms. The summed E-state index contributed by atoms with van der Waals surface area (Å²) in [5.74, 6) is -0.396. The lowest BCUT2D eigenvalue weighted by Crippen LogP contribution is -2.41. The molecule has 0 bridgehead atoms. The molecule has 6 heteroatoms. The molecule has 2 aromatic rings. The van der Waals surface area contributed by atoms with E-state index in [4.69, 9.17) is 13.9 Å². The van der Waals surface area contributed by atoms with Crippen LogP contribution < -0.4 is 0 Å². The number of hydrogen-bond donors (Lipinski definition) is 0. The number of benzene rings is 1. The number of aryl methyl sites for hydroxylation is 1. The van der Waals surface area contributed by atoms with Gasteiger partial charge in [0.25, 0.3) is 5.91 Å². The third-order valence-corrected chi connectivity index (χ3v) is 4.48. The summed E-state index contributed by atoms with van der Waals surface area (Å²) in [6.45, 7) is 4.14. The van der Waals surface area contributed by atoms with Crippen molar-refractivity contribution in [1.82, 2.24) is 4.90 Å². The van der Waals surface area contributed by atoms with Crippen molar-refractivity contribution in [1.29, 1.82) is 0 Å². The highest BCUT2D eigenvalue weighted by molar-refractivity contribution is 5.99. The van der Waals surface area contributed by atoms with Gasteiger partial charge in [-0.05, 0) is 25.8 Å². The fourth-order valence-corrected chi connectivity index (χ4v) is 3.08. The molecular formula is C18H22FNO4. The highest BCUT2D eigenvalue weighted by Crippen LogP contribution is 2.29. The summed E-state index contributed by atoms with van der Waals surface area (Å²) in [6.07, 6.45) is 1.71. The summed E-state index contributed by atoms with van der Waals surface area (Å²) in [7, 11) is 1.64. The number of fused-ring (bicyclic) bond motifs is 1. The van der Waals surface area contributed by atoms with Crippen LogP contribution in [0.3, 0.4) is 0 Å². The first-order valence-electron chi connectivity index (χ1n) is 8.19. The van der Waals surface area contributed by atoms with Gasteiger partial charge in [-0.25, -0.2) is 4.39 Å². The maximum absolute atomic E-state index is 13.8. The van der Waals surface area contributed by atoms with Crippen molar-refractivity contribution in [3.8, 4) is 0 Å². The zero-order valence-corrected chi connectivity index (χ0v) is 14.0. The van der Waals surface area contributed by atoms with E-state index < -0.39 is 5.82 Å². The summed E-state index contributed by atoms with van der Waals surface area (Å²) in [5, 5.41) is 0.649. The van der Waals surface area contributed by atoms with E-state index in [1.165, 1.54) is 6.07 Å². The maximum Gasteiger partial charge on any atom is 0.289 e. The molecule has 0 unspecified atom stereocenters. The number of nitrogens with zero attached hydrogens (tertiary/aromatic N) is 1. The Morgan fingerprint density at radius 2 is 2.08 bits per heavy atom. The van der Waals surface area contributed by atoms with Crippen molar-refractivity contribution in [3.05, 3.63) is 35.3 Å². The van der Waals surface area contributed by atoms with E-state index >= 15 is 0 Å². The Labute approximate surface area is 140 Å². The molecule has 0 aliphatic carbocycles. The molecule has 0 radical (unpaired) electrons. The van der Waals surface area contributed by atoms with Crippen LogP contribution in [0.15, 0.2) is 22.6 Å². The number of amides is 1. The zero-order chi connectivity index (χ0) is 17.1. The molecule has 5 nitrogen and oxygen atoms in total. The molecule has 2 heterocycles. The number of likely N-dealkylation sites (tertiary alicyclic amines) is 1. The van der Waals surface area contributed by atoms with Crippen molar-refractivity contribution in [2.24, 2.45) is 0 Å². The van der Waals surface area contributed by atoms with Crippen LogP contribution in [0.25, 0.3) is 11.0 Å². The number of piperidine rings is 1. The van der Waals surface area contributed by atoms with Gasteiger partial charge in [-0.15, -0.1) is 0 Å². The molecule has 1 aromatic carbocycles. The Kier molecular flexibility index (Phi) is 5.16. The van der Waals surface area contributed by atoms with Gasteiger partial charge in [0.1, 0.15) is 0 Å². The van der Waals surface area contributed by atoms with E-state index in [9.17, 15) is 9.18 Å². The SMILES string of the molecule is COCCOC1CCN(C(=O)c2oc3c(F)cccc3c2C)CC1. The van der Waals surface area contributed by atoms with Crippen LogP contribution in [0.5, 0.6) is 0 Å². The smallest absolute Gasteiger partial charge is 0.289 e. The lowest BCUT2D eigenvalue weighted by atomic mass is 10.1. The van der Waals surface area contributed by atoms with Crippen LogP contribution in [-0.4, -0.2) is 50.3 Å². The summed E-state index contributed by atoms with van der Waals surface area (Å²) in [6, 6.07) is 4.73. The van der Waals surface area contributed by atoms with Crippen LogP contribution in [0.1, 0.15) is 29.0 Å². The fraction of sp³-hybridized carbons (Fsp3) is 0.500. The van der Waals surface area contributed by atoms with E-state index in [1.54, 1.807) is 31.1 Å². The van der Waals surface area contributed by atoms with Crippen molar-refractivity contribution in [2.45, 2.75) is 25.9 Å². The van der Waals surface area contributed by atoms with Gasteiger partial charge in [0.15, 0.2) is 17.2 Å². The van der Waals surface area contributed by atoms with Gasteiger partial charge in [-0.3, -0.25) is 4.79 Å². The number of ether oxygens (including phenoxy) is 2. The molecule has 130 valence electrons. The molecule has 1 aliphatic rings. The molecule has 1 saturated heterocycles. The number of methoxy groups -OCH3 is 1. The van der Waals surface area contributed by atoms with E-state index in [2.05, 4.69) is 0 Å². The normalized spacial score (nSPS) is 16.0. The molecule has 1 aromatic heterocycles. The largest absolute Gasteiger partial charge is 0.448 e. The van der Waals surface area contributed by atoms with Gasteiger partial charge in [0.2, 0.25) is 0 Å². The molecule has 24 heavy (non-hydrogen) atoms. The molecule has 1 aliphatic heterocycles. The average Bonchev–Trinajstić information content (AvgIpc) is 2.94. The molecule has 3 rings (SSSR count). The van der Waals surface area contributed by atoms with Gasteiger partial charge in [-0.1, -0.05) is 12.1 Å². The second-order valence-electron chi connectivity index (χ2n) is 6.03. The molecule has 0 atom stereocenters. The molecule has 1 amide bonds. The highest BCUT2D eigenvalue weighted by Gasteiger charge is 2.28. The summed E-state index contributed by atoms with van der Waals surface area (Å²) < 4.78 is 30.1. The molecule has 0 N–H and O–H groups in total. The van der Waals surface area contributed by atoms with Gasteiger partial charge in [0, 0.05) is 31.1 Å². The van der Waals surface area contributed by atoms with Crippen molar-refractivity contribution >= 4 is 16.9 Å². The Morgan fingerprint density at radius 3 is 2.75 bits per heavy atom. The van der Waals surface area contributed by atoms with E-state index in [0.717, 1.165) is 12.8 Å².